The highest BCUT2D eigenvalue weighted by molar-refractivity contribution is 7.10. The minimum atomic E-state index is -0.815. The van der Waals surface area contributed by atoms with Gasteiger partial charge in [-0.3, -0.25) is 4.79 Å². The van der Waals surface area contributed by atoms with E-state index in [0.717, 1.165) is 17.1 Å². The minimum Gasteiger partial charge on any atom is -0.346 e. The Morgan fingerprint density at radius 1 is 1.38 bits per heavy atom. The van der Waals surface area contributed by atoms with Gasteiger partial charge in [-0.2, -0.15) is 5.26 Å². The van der Waals surface area contributed by atoms with Gasteiger partial charge in [0.25, 0.3) is 0 Å². The summed E-state index contributed by atoms with van der Waals surface area (Å²) in [6.45, 7) is 9.95. The monoisotopic (exact) mass is 301 g/mol. The second kappa shape index (κ2) is 5.82. The van der Waals surface area contributed by atoms with Crippen LogP contribution in [0.5, 0.6) is 0 Å². The molecule has 0 aliphatic rings. The van der Waals surface area contributed by atoms with Crippen LogP contribution in [0.3, 0.4) is 0 Å². The van der Waals surface area contributed by atoms with Crippen molar-refractivity contribution in [2.45, 2.75) is 46.6 Å². The number of hydrogen-bond acceptors (Lipinski definition) is 4. The van der Waals surface area contributed by atoms with Crippen LogP contribution in [-0.2, 0) is 0 Å². The highest BCUT2D eigenvalue weighted by Gasteiger charge is 2.28. The molecule has 0 fully saturated rings. The number of nitrogens with zero attached hydrogens (tertiary/aromatic N) is 3. The zero-order chi connectivity index (χ0) is 15.7. The molecule has 0 aliphatic heterocycles. The maximum Gasteiger partial charge on any atom is 0.188 e. The van der Waals surface area contributed by atoms with Crippen LogP contribution < -0.4 is 0 Å². The topological polar surface area (TPSA) is 58.7 Å². The van der Waals surface area contributed by atoms with Gasteiger partial charge in [-0.1, -0.05) is 0 Å². The van der Waals surface area contributed by atoms with E-state index in [9.17, 15) is 10.1 Å². The van der Waals surface area contributed by atoms with Gasteiger partial charge in [-0.15, -0.1) is 11.3 Å². The Morgan fingerprint density at radius 2 is 2.05 bits per heavy atom. The summed E-state index contributed by atoms with van der Waals surface area (Å²) >= 11 is 1.37. The molecule has 0 spiro atoms. The number of carbonyl (C=O) groups is 1. The van der Waals surface area contributed by atoms with Gasteiger partial charge >= 0.3 is 0 Å². The molecule has 0 bridgehead atoms. The summed E-state index contributed by atoms with van der Waals surface area (Å²) in [4.78, 5) is 17.0. The maximum absolute atomic E-state index is 12.7. The van der Waals surface area contributed by atoms with Crippen LogP contribution in [0.25, 0.3) is 0 Å². The van der Waals surface area contributed by atoms with Crippen LogP contribution in [0.1, 0.15) is 58.3 Å². The van der Waals surface area contributed by atoms with Gasteiger partial charge < -0.3 is 4.57 Å². The third-order valence-electron chi connectivity index (χ3n) is 3.54. The third kappa shape index (κ3) is 2.77. The van der Waals surface area contributed by atoms with Crippen molar-refractivity contribution in [3.8, 4) is 6.07 Å². The predicted octanol–water partition coefficient (Wildman–Crippen LogP) is 3.94. The summed E-state index contributed by atoms with van der Waals surface area (Å²) in [5.74, 6) is -0.975. The first-order valence-electron chi connectivity index (χ1n) is 6.91. The average molecular weight is 301 g/mol. The first-order chi connectivity index (χ1) is 9.86. The maximum atomic E-state index is 12.7. The molecule has 0 amide bonds. The second-order valence-corrected chi connectivity index (χ2v) is 6.39. The number of hydrogen-bond donors (Lipinski definition) is 0. The lowest BCUT2D eigenvalue weighted by atomic mass is 9.99. The van der Waals surface area contributed by atoms with E-state index in [1.165, 1.54) is 11.3 Å². The van der Waals surface area contributed by atoms with E-state index < -0.39 is 5.92 Å². The van der Waals surface area contributed by atoms with Gasteiger partial charge in [-0.05, 0) is 40.7 Å². The molecular formula is C16H19N3OS. The van der Waals surface area contributed by atoms with Crippen LogP contribution >= 0.6 is 11.3 Å². The van der Waals surface area contributed by atoms with Crippen LogP contribution in [0.2, 0.25) is 0 Å². The van der Waals surface area contributed by atoms with Gasteiger partial charge in [0.15, 0.2) is 11.7 Å². The Kier molecular flexibility index (Phi) is 4.29. The van der Waals surface area contributed by atoms with Gasteiger partial charge in [0, 0.05) is 34.1 Å². The molecule has 2 heterocycles. The Morgan fingerprint density at radius 3 is 2.48 bits per heavy atom. The van der Waals surface area contributed by atoms with Crippen molar-refractivity contribution in [1.82, 2.24) is 9.55 Å². The van der Waals surface area contributed by atoms with Gasteiger partial charge in [0.1, 0.15) is 5.01 Å². The lowest BCUT2D eigenvalue weighted by molar-refractivity contribution is 0.0978. The average Bonchev–Trinajstić information content (AvgIpc) is 2.94. The summed E-state index contributed by atoms with van der Waals surface area (Å²) in [7, 11) is 0. The number of nitriles is 1. The summed E-state index contributed by atoms with van der Waals surface area (Å²) in [6.07, 6.45) is 0. The first kappa shape index (κ1) is 15.5. The first-order valence-corrected chi connectivity index (χ1v) is 7.79. The largest absolute Gasteiger partial charge is 0.346 e. The molecule has 2 rings (SSSR count). The van der Waals surface area contributed by atoms with Gasteiger partial charge in [0.2, 0.25) is 0 Å². The van der Waals surface area contributed by atoms with Crippen molar-refractivity contribution in [2.24, 2.45) is 0 Å². The van der Waals surface area contributed by atoms with E-state index in [-0.39, 0.29) is 11.8 Å². The zero-order valence-electron chi connectivity index (χ0n) is 13.0. The molecule has 0 radical (unpaired) electrons. The number of thiazole rings is 1. The lowest BCUT2D eigenvalue weighted by Gasteiger charge is -2.14. The van der Waals surface area contributed by atoms with Crippen molar-refractivity contribution < 1.29 is 4.79 Å². The Labute approximate surface area is 129 Å². The molecular weight excluding hydrogens is 282 g/mol. The fourth-order valence-electron chi connectivity index (χ4n) is 2.71. The molecule has 0 saturated heterocycles. The number of Topliss-reactive ketones (excluding diaryl/α,β-unsaturated/α-hetero) is 1. The highest BCUT2D eigenvalue weighted by Crippen LogP contribution is 2.28. The Bertz CT molecular complexity index is 718. The molecule has 0 aliphatic carbocycles. The van der Waals surface area contributed by atoms with Gasteiger partial charge in [0.05, 0.1) is 6.07 Å². The molecule has 2 aromatic heterocycles. The minimum absolute atomic E-state index is 0.160. The fourth-order valence-corrected chi connectivity index (χ4v) is 3.54. The molecule has 0 saturated carbocycles. The highest BCUT2D eigenvalue weighted by atomic mass is 32.1. The summed E-state index contributed by atoms with van der Waals surface area (Å²) in [6, 6.07) is 4.27. The van der Waals surface area contributed by atoms with E-state index in [1.54, 1.807) is 0 Å². The van der Waals surface area contributed by atoms with Crippen molar-refractivity contribution in [3.05, 3.63) is 39.1 Å². The fraction of sp³-hybridized carbons (Fsp3) is 0.438. The normalized spacial score (nSPS) is 12.4. The number of aromatic nitrogens is 2. The second-order valence-electron chi connectivity index (χ2n) is 5.50. The molecule has 1 unspecified atom stereocenters. The van der Waals surface area contributed by atoms with Crippen LogP contribution in [-0.4, -0.2) is 15.3 Å². The van der Waals surface area contributed by atoms with Crippen LogP contribution in [0, 0.1) is 32.1 Å². The molecule has 0 N–H and O–H groups in total. The van der Waals surface area contributed by atoms with Crippen molar-refractivity contribution in [1.29, 1.82) is 5.26 Å². The SMILES string of the molecule is Cc1csc(C(C#N)C(=O)c2cc(C)n(C(C)C)c2C)n1. The Hall–Kier alpha value is -1.93. The number of ketones is 1. The van der Waals surface area contributed by atoms with E-state index in [0.29, 0.717) is 10.6 Å². The number of carbonyl (C=O) groups excluding carboxylic acids is 1. The standard InChI is InChI=1S/C16H19N3OS/c1-9(2)19-11(4)6-13(12(19)5)15(20)14(7-17)16-18-10(3)8-21-16/h6,8-9,14H,1-5H3. The lowest BCUT2D eigenvalue weighted by Crippen LogP contribution is -2.13. The van der Waals surface area contributed by atoms with E-state index >= 15 is 0 Å². The summed E-state index contributed by atoms with van der Waals surface area (Å²) in [5.41, 5.74) is 3.43. The van der Waals surface area contributed by atoms with Crippen LogP contribution in [0.4, 0.5) is 0 Å². The molecule has 5 heteroatoms. The zero-order valence-corrected chi connectivity index (χ0v) is 13.8. The van der Waals surface area contributed by atoms with Crippen molar-refractivity contribution in [2.75, 3.05) is 0 Å². The van der Waals surface area contributed by atoms with E-state index in [1.807, 2.05) is 32.2 Å². The Balaban J connectivity index is 2.44. The molecule has 4 nitrogen and oxygen atoms in total. The van der Waals surface area contributed by atoms with E-state index in [4.69, 9.17) is 0 Å². The summed E-state index contributed by atoms with van der Waals surface area (Å²) < 4.78 is 2.12. The molecule has 0 aromatic carbocycles. The smallest absolute Gasteiger partial charge is 0.188 e. The molecule has 21 heavy (non-hydrogen) atoms. The van der Waals surface area contributed by atoms with Crippen molar-refractivity contribution >= 4 is 17.1 Å². The van der Waals surface area contributed by atoms with E-state index in [2.05, 4.69) is 29.5 Å². The third-order valence-corrected chi connectivity index (χ3v) is 4.57. The van der Waals surface area contributed by atoms with Gasteiger partial charge in [-0.25, -0.2) is 4.98 Å². The quantitative estimate of drug-likeness (QED) is 0.804. The summed E-state index contributed by atoms with van der Waals surface area (Å²) in [5, 5.41) is 11.8. The molecule has 1 atom stereocenters. The van der Waals surface area contributed by atoms with Crippen molar-refractivity contribution in [3.63, 3.8) is 0 Å². The van der Waals surface area contributed by atoms with Crippen LogP contribution in [0.15, 0.2) is 11.4 Å². The molecule has 110 valence electrons. The molecule has 2 aromatic rings. The number of aryl methyl sites for hydroxylation is 2. The predicted molar refractivity (Wildman–Crippen MR) is 83.8 cm³/mol. The number of rotatable bonds is 4.